The van der Waals surface area contributed by atoms with Crippen molar-refractivity contribution in [2.24, 2.45) is 0 Å². The van der Waals surface area contributed by atoms with Gasteiger partial charge in [-0.25, -0.2) is 4.98 Å². The van der Waals surface area contributed by atoms with E-state index in [-0.39, 0.29) is 5.54 Å². The molecule has 1 aliphatic heterocycles. The summed E-state index contributed by atoms with van der Waals surface area (Å²) in [6, 6.07) is 1.77. The van der Waals surface area contributed by atoms with Gasteiger partial charge in [0.15, 0.2) is 0 Å². The topological polar surface area (TPSA) is 41.5 Å². The molecule has 0 aliphatic carbocycles. The van der Waals surface area contributed by atoms with Crippen LogP contribution in [0.4, 0.5) is 5.95 Å². The highest BCUT2D eigenvalue weighted by atomic mass is 16.5. The van der Waals surface area contributed by atoms with Gasteiger partial charge < -0.3 is 9.64 Å². The van der Waals surface area contributed by atoms with Crippen LogP contribution >= 0.6 is 0 Å². The molecule has 0 aromatic carbocycles. The molecule has 1 aromatic heterocycles. The molecule has 2 rings (SSSR count). The molecule has 5 heteroatoms. The summed E-state index contributed by atoms with van der Waals surface area (Å²) in [7, 11) is 1.63. The van der Waals surface area contributed by atoms with Crippen LogP contribution in [0, 0.1) is 0 Å². The largest absolute Gasteiger partial charge is 0.481 e. The fraction of sp³-hybridized carbons (Fsp3) is 0.692. The molecule has 0 atom stereocenters. The first-order valence-electron chi connectivity index (χ1n) is 6.38. The summed E-state index contributed by atoms with van der Waals surface area (Å²) < 4.78 is 5.13. The van der Waals surface area contributed by atoms with Gasteiger partial charge in [-0.2, -0.15) is 4.98 Å². The summed E-state index contributed by atoms with van der Waals surface area (Å²) in [6.07, 6.45) is 1.75. The van der Waals surface area contributed by atoms with Crippen LogP contribution in [0.2, 0.25) is 0 Å². The first-order chi connectivity index (χ1) is 8.50. The van der Waals surface area contributed by atoms with E-state index in [9.17, 15) is 0 Å². The summed E-state index contributed by atoms with van der Waals surface area (Å²) in [5.41, 5.74) is 0.237. The van der Waals surface area contributed by atoms with Crippen LogP contribution in [0.3, 0.4) is 0 Å². The summed E-state index contributed by atoms with van der Waals surface area (Å²) in [6.45, 7) is 10.8. The van der Waals surface area contributed by atoms with E-state index in [0.29, 0.717) is 5.88 Å². The van der Waals surface area contributed by atoms with Gasteiger partial charge in [0.2, 0.25) is 11.8 Å². The second-order valence-corrected chi connectivity index (χ2v) is 5.54. The zero-order chi connectivity index (χ0) is 13.2. The number of piperazine rings is 1. The third-order valence-corrected chi connectivity index (χ3v) is 3.34. The number of hydrogen-bond donors (Lipinski definition) is 0. The summed E-state index contributed by atoms with van der Waals surface area (Å²) in [5.74, 6) is 1.39. The first-order valence-corrected chi connectivity index (χ1v) is 6.38. The Bertz CT molecular complexity index is 394. The van der Waals surface area contributed by atoms with E-state index in [4.69, 9.17) is 4.74 Å². The van der Waals surface area contributed by atoms with Crippen LogP contribution in [0.25, 0.3) is 0 Å². The van der Waals surface area contributed by atoms with Crippen molar-refractivity contribution in [2.75, 3.05) is 38.2 Å². The van der Waals surface area contributed by atoms with Gasteiger partial charge in [-0.05, 0) is 20.8 Å². The van der Waals surface area contributed by atoms with Crippen molar-refractivity contribution in [3.05, 3.63) is 12.3 Å². The van der Waals surface area contributed by atoms with Crippen LogP contribution in [-0.4, -0.2) is 53.7 Å². The second kappa shape index (κ2) is 5.10. The maximum Gasteiger partial charge on any atom is 0.228 e. The number of anilines is 1. The molecule has 1 aliphatic rings. The molecule has 0 spiro atoms. The Morgan fingerprint density at radius 2 is 1.83 bits per heavy atom. The third kappa shape index (κ3) is 2.90. The van der Waals surface area contributed by atoms with Gasteiger partial charge >= 0.3 is 0 Å². The molecule has 1 fully saturated rings. The average molecular weight is 250 g/mol. The van der Waals surface area contributed by atoms with Gasteiger partial charge in [-0.3, -0.25) is 4.90 Å². The minimum Gasteiger partial charge on any atom is -0.481 e. The molecule has 2 heterocycles. The highest BCUT2D eigenvalue weighted by molar-refractivity contribution is 5.32. The smallest absolute Gasteiger partial charge is 0.228 e. The van der Waals surface area contributed by atoms with E-state index in [2.05, 4.69) is 40.5 Å². The van der Waals surface area contributed by atoms with Crippen molar-refractivity contribution in [1.82, 2.24) is 14.9 Å². The van der Waals surface area contributed by atoms with Gasteiger partial charge in [0.05, 0.1) is 7.11 Å². The standard InChI is InChI=1S/C13H22N4O/c1-13(2,3)17-9-7-16(8-10-17)12-14-6-5-11(15-12)18-4/h5-6H,7-10H2,1-4H3. The predicted molar refractivity (Wildman–Crippen MR) is 72.1 cm³/mol. The lowest BCUT2D eigenvalue weighted by Gasteiger charge is -2.42. The number of rotatable bonds is 2. The van der Waals surface area contributed by atoms with Crippen LogP contribution in [0.5, 0.6) is 5.88 Å². The van der Waals surface area contributed by atoms with E-state index >= 15 is 0 Å². The lowest BCUT2D eigenvalue weighted by molar-refractivity contribution is 0.128. The minimum absolute atomic E-state index is 0.237. The summed E-state index contributed by atoms with van der Waals surface area (Å²) >= 11 is 0. The number of hydrogen-bond acceptors (Lipinski definition) is 5. The first kappa shape index (κ1) is 13.1. The zero-order valence-corrected chi connectivity index (χ0v) is 11.7. The molecule has 1 aromatic rings. The second-order valence-electron chi connectivity index (χ2n) is 5.54. The molecule has 0 bridgehead atoms. The molecule has 100 valence electrons. The Morgan fingerprint density at radius 1 is 1.17 bits per heavy atom. The highest BCUT2D eigenvalue weighted by Gasteiger charge is 2.26. The fourth-order valence-electron chi connectivity index (χ4n) is 2.18. The average Bonchev–Trinajstić information content (AvgIpc) is 2.38. The van der Waals surface area contributed by atoms with Crippen molar-refractivity contribution in [3.63, 3.8) is 0 Å². The Kier molecular flexibility index (Phi) is 3.71. The van der Waals surface area contributed by atoms with Crippen LogP contribution in [-0.2, 0) is 0 Å². The predicted octanol–water partition coefficient (Wildman–Crippen LogP) is 1.41. The number of aromatic nitrogens is 2. The summed E-state index contributed by atoms with van der Waals surface area (Å²) in [4.78, 5) is 13.4. The van der Waals surface area contributed by atoms with Gasteiger partial charge in [-0.15, -0.1) is 0 Å². The third-order valence-electron chi connectivity index (χ3n) is 3.34. The molecule has 1 saturated heterocycles. The van der Waals surface area contributed by atoms with Crippen molar-refractivity contribution < 1.29 is 4.74 Å². The van der Waals surface area contributed by atoms with E-state index in [0.717, 1.165) is 32.1 Å². The number of ether oxygens (including phenoxy) is 1. The molecule has 0 radical (unpaired) electrons. The zero-order valence-electron chi connectivity index (χ0n) is 11.7. The minimum atomic E-state index is 0.237. The van der Waals surface area contributed by atoms with Crippen molar-refractivity contribution >= 4 is 5.95 Å². The van der Waals surface area contributed by atoms with E-state index in [1.54, 1.807) is 19.4 Å². The van der Waals surface area contributed by atoms with Gasteiger partial charge in [0.25, 0.3) is 0 Å². The molecule has 0 unspecified atom stereocenters. The molecule has 0 N–H and O–H groups in total. The normalized spacial score (nSPS) is 17.9. The number of nitrogens with zero attached hydrogens (tertiary/aromatic N) is 4. The quantitative estimate of drug-likeness (QED) is 0.793. The Morgan fingerprint density at radius 3 is 2.39 bits per heavy atom. The molecule has 18 heavy (non-hydrogen) atoms. The molecule has 0 amide bonds. The van der Waals surface area contributed by atoms with Crippen molar-refractivity contribution in [3.8, 4) is 5.88 Å². The maximum absolute atomic E-state index is 5.13. The molecular weight excluding hydrogens is 228 g/mol. The van der Waals surface area contributed by atoms with Crippen LogP contribution in [0.15, 0.2) is 12.3 Å². The molecular formula is C13H22N4O. The lowest BCUT2D eigenvalue weighted by Crippen LogP contribution is -2.53. The fourth-order valence-corrected chi connectivity index (χ4v) is 2.18. The van der Waals surface area contributed by atoms with E-state index < -0.39 is 0 Å². The molecule has 5 nitrogen and oxygen atoms in total. The van der Waals surface area contributed by atoms with Crippen LogP contribution in [0.1, 0.15) is 20.8 Å². The van der Waals surface area contributed by atoms with E-state index in [1.807, 2.05) is 0 Å². The Balaban J connectivity index is 2.01. The maximum atomic E-state index is 5.13. The van der Waals surface area contributed by atoms with Gasteiger partial charge in [-0.1, -0.05) is 0 Å². The Hall–Kier alpha value is -1.36. The van der Waals surface area contributed by atoms with Gasteiger partial charge in [0, 0.05) is 44.0 Å². The molecule has 0 saturated carbocycles. The number of methoxy groups -OCH3 is 1. The monoisotopic (exact) mass is 250 g/mol. The van der Waals surface area contributed by atoms with Gasteiger partial charge in [0.1, 0.15) is 0 Å². The van der Waals surface area contributed by atoms with E-state index in [1.165, 1.54) is 0 Å². The summed E-state index contributed by atoms with van der Waals surface area (Å²) in [5, 5.41) is 0. The van der Waals surface area contributed by atoms with Crippen molar-refractivity contribution in [2.45, 2.75) is 26.3 Å². The van der Waals surface area contributed by atoms with Crippen LogP contribution < -0.4 is 9.64 Å². The Labute approximate surface area is 109 Å². The lowest BCUT2D eigenvalue weighted by atomic mass is 10.1. The van der Waals surface area contributed by atoms with Crippen molar-refractivity contribution in [1.29, 1.82) is 0 Å². The highest BCUT2D eigenvalue weighted by Crippen LogP contribution is 2.19. The SMILES string of the molecule is COc1ccnc(N2CCN(C(C)(C)C)CC2)n1.